The Labute approximate surface area is 169 Å². The number of hydrogen-bond donors (Lipinski definition) is 3. The van der Waals surface area contributed by atoms with Gasteiger partial charge in [-0.2, -0.15) is 0 Å². The van der Waals surface area contributed by atoms with Crippen LogP contribution in [0.3, 0.4) is 0 Å². The SMILES string of the molecule is C[C@@H]1C[C@H]2[C@@H]3CCC4=CC(=O)C(C=O)C[C@]4(C)[C@@]3(F)[C@@H](O)C[C@]2(C)[C@@]1(O)C(=O)O. The van der Waals surface area contributed by atoms with Gasteiger partial charge in [-0.05, 0) is 50.0 Å². The Morgan fingerprint density at radius 3 is 2.52 bits per heavy atom. The highest BCUT2D eigenvalue weighted by atomic mass is 19.1. The van der Waals surface area contributed by atoms with Crippen LogP contribution in [0.1, 0.15) is 52.9 Å². The summed E-state index contributed by atoms with van der Waals surface area (Å²) in [5.74, 6) is -4.24. The van der Waals surface area contributed by atoms with Crippen molar-refractivity contribution in [2.75, 3.05) is 0 Å². The predicted octanol–water partition coefficient (Wildman–Crippen LogP) is 2.07. The van der Waals surface area contributed by atoms with E-state index in [4.69, 9.17) is 0 Å². The lowest BCUT2D eigenvalue weighted by atomic mass is 9.43. The fraction of sp³-hybridized carbons (Fsp3) is 0.773. The average Bonchev–Trinajstić information content (AvgIpc) is 2.85. The second-order valence-electron chi connectivity index (χ2n) is 10.2. The Balaban J connectivity index is 1.84. The molecule has 0 aromatic carbocycles. The average molecular weight is 408 g/mol. The summed E-state index contributed by atoms with van der Waals surface area (Å²) in [5, 5.41) is 32.1. The zero-order chi connectivity index (χ0) is 21.6. The molecule has 0 amide bonds. The van der Waals surface area contributed by atoms with Crippen LogP contribution < -0.4 is 0 Å². The highest BCUT2D eigenvalue weighted by Gasteiger charge is 2.76. The number of aldehydes is 1. The van der Waals surface area contributed by atoms with Gasteiger partial charge in [0.15, 0.2) is 11.4 Å². The molecule has 0 spiro atoms. The third kappa shape index (κ3) is 2.16. The molecule has 0 aromatic heterocycles. The number of fused-ring (bicyclic) bond motifs is 5. The maximum Gasteiger partial charge on any atom is 0.336 e. The lowest BCUT2D eigenvalue weighted by molar-refractivity contribution is -0.234. The number of carbonyl (C=O) groups is 3. The van der Waals surface area contributed by atoms with Crippen molar-refractivity contribution in [1.29, 1.82) is 0 Å². The molecule has 1 unspecified atom stereocenters. The molecule has 0 heterocycles. The van der Waals surface area contributed by atoms with Gasteiger partial charge < -0.3 is 20.1 Å². The number of aliphatic carboxylic acids is 1. The molecule has 29 heavy (non-hydrogen) atoms. The van der Waals surface area contributed by atoms with E-state index < -0.39 is 57.8 Å². The normalized spacial score (nSPS) is 54.1. The van der Waals surface area contributed by atoms with E-state index >= 15 is 4.39 Å². The third-order valence-electron chi connectivity index (χ3n) is 9.22. The summed E-state index contributed by atoms with van der Waals surface area (Å²) in [7, 11) is 0. The van der Waals surface area contributed by atoms with Gasteiger partial charge in [0.05, 0.1) is 12.0 Å². The molecule has 0 aliphatic heterocycles. The van der Waals surface area contributed by atoms with E-state index in [1.807, 2.05) is 0 Å². The molecular weight excluding hydrogens is 379 g/mol. The van der Waals surface area contributed by atoms with Gasteiger partial charge in [-0.15, -0.1) is 0 Å². The van der Waals surface area contributed by atoms with E-state index in [2.05, 4.69) is 0 Å². The van der Waals surface area contributed by atoms with Gasteiger partial charge in [-0.3, -0.25) is 4.79 Å². The molecule has 4 aliphatic carbocycles. The molecule has 3 fully saturated rings. The molecule has 9 atom stereocenters. The van der Waals surface area contributed by atoms with Crippen molar-refractivity contribution in [1.82, 2.24) is 0 Å². The number of ketones is 1. The first-order chi connectivity index (χ1) is 13.4. The Hall–Kier alpha value is -1.60. The standard InChI is InChI=1S/C22H29FO6/c1-11-6-15-14-5-4-13-7-16(25)12(10-24)8-19(13,2)21(14,23)17(26)9-20(15,3)22(11,29)18(27)28/h7,10-12,14-15,17,26,29H,4-6,8-9H2,1-3H3,(H,27,28)/t11-,12?,14+,15+,17+,19+,20+,21+,22+/m1/s1. The maximum atomic E-state index is 17.0. The number of carboxylic acid groups (broad SMARTS) is 1. The maximum absolute atomic E-state index is 17.0. The molecule has 7 heteroatoms. The monoisotopic (exact) mass is 408 g/mol. The minimum absolute atomic E-state index is 0.00735. The van der Waals surface area contributed by atoms with Crippen molar-refractivity contribution in [3.63, 3.8) is 0 Å². The molecule has 0 bridgehead atoms. The minimum Gasteiger partial charge on any atom is -0.479 e. The zero-order valence-electron chi connectivity index (χ0n) is 17.0. The highest BCUT2D eigenvalue weighted by molar-refractivity contribution is 6.02. The smallest absolute Gasteiger partial charge is 0.336 e. The molecule has 6 nitrogen and oxygen atoms in total. The van der Waals surface area contributed by atoms with Gasteiger partial charge in [0.25, 0.3) is 0 Å². The van der Waals surface area contributed by atoms with Crippen molar-refractivity contribution in [2.45, 2.75) is 70.2 Å². The number of rotatable bonds is 2. The summed E-state index contributed by atoms with van der Waals surface area (Å²) in [6, 6.07) is 0. The van der Waals surface area contributed by atoms with Crippen LogP contribution in [-0.4, -0.2) is 50.7 Å². The van der Waals surface area contributed by atoms with Crippen LogP contribution in [0.2, 0.25) is 0 Å². The number of aliphatic hydroxyl groups is 2. The largest absolute Gasteiger partial charge is 0.479 e. The second-order valence-corrected chi connectivity index (χ2v) is 10.2. The first-order valence-corrected chi connectivity index (χ1v) is 10.4. The molecule has 0 saturated heterocycles. The van der Waals surface area contributed by atoms with Gasteiger partial charge in [0.1, 0.15) is 12.0 Å². The number of carboxylic acids is 1. The van der Waals surface area contributed by atoms with Gasteiger partial charge >= 0.3 is 5.97 Å². The molecular formula is C22H29FO6. The fourth-order valence-electron chi connectivity index (χ4n) is 7.59. The van der Waals surface area contributed by atoms with E-state index in [-0.39, 0.29) is 18.6 Å². The summed E-state index contributed by atoms with van der Waals surface area (Å²) in [5.41, 5.74) is -5.84. The highest BCUT2D eigenvalue weighted by Crippen LogP contribution is 2.71. The molecule has 160 valence electrons. The van der Waals surface area contributed by atoms with Gasteiger partial charge in [0.2, 0.25) is 0 Å². The van der Waals surface area contributed by atoms with Crippen LogP contribution >= 0.6 is 0 Å². The topological polar surface area (TPSA) is 112 Å². The first-order valence-electron chi connectivity index (χ1n) is 10.4. The van der Waals surface area contributed by atoms with Gasteiger partial charge in [-0.25, -0.2) is 9.18 Å². The number of carbonyl (C=O) groups excluding carboxylic acids is 2. The number of alkyl halides is 1. The van der Waals surface area contributed by atoms with Gasteiger partial charge in [-0.1, -0.05) is 26.3 Å². The van der Waals surface area contributed by atoms with Crippen molar-refractivity contribution >= 4 is 18.0 Å². The zero-order valence-corrected chi connectivity index (χ0v) is 17.0. The number of halogens is 1. The van der Waals surface area contributed by atoms with Crippen molar-refractivity contribution in [3.8, 4) is 0 Å². The summed E-state index contributed by atoms with van der Waals surface area (Å²) in [4.78, 5) is 35.7. The molecule has 0 aromatic rings. The van der Waals surface area contributed by atoms with E-state index in [1.54, 1.807) is 20.8 Å². The Morgan fingerprint density at radius 1 is 1.28 bits per heavy atom. The Morgan fingerprint density at radius 2 is 1.93 bits per heavy atom. The number of hydrogen-bond acceptors (Lipinski definition) is 5. The Kier molecular flexibility index (Phi) is 4.26. The van der Waals surface area contributed by atoms with E-state index in [9.17, 15) is 29.7 Å². The van der Waals surface area contributed by atoms with E-state index in [0.29, 0.717) is 31.1 Å². The third-order valence-corrected chi connectivity index (χ3v) is 9.22. The number of allylic oxidation sites excluding steroid dienone is 1. The molecule has 0 radical (unpaired) electrons. The number of aliphatic hydroxyl groups excluding tert-OH is 1. The van der Waals surface area contributed by atoms with Crippen LogP contribution in [0.4, 0.5) is 4.39 Å². The van der Waals surface area contributed by atoms with E-state index in [0.717, 1.165) is 0 Å². The Bertz CT molecular complexity index is 824. The lowest BCUT2D eigenvalue weighted by Gasteiger charge is -2.63. The molecule has 3 N–H and O–H groups in total. The van der Waals surface area contributed by atoms with Crippen LogP contribution in [0.5, 0.6) is 0 Å². The van der Waals surface area contributed by atoms with Gasteiger partial charge in [0, 0.05) is 16.7 Å². The van der Waals surface area contributed by atoms with Crippen molar-refractivity contribution in [2.24, 2.45) is 34.5 Å². The van der Waals surface area contributed by atoms with E-state index in [1.165, 1.54) is 6.08 Å². The molecule has 4 rings (SSSR count). The predicted molar refractivity (Wildman–Crippen MR) is 101 cm³/mol. The van der Waals surface area contributed by atoms with Crippen molar-refractivity contribution < 1.29 is 34.1 Å². The lowest BCUT2D eigenvalue weighted by Crippen LogP contribution is -2.70. The molecule has 3 saturated carbocycles. The second kappa shape index (κ2) is 5.97. The summed E-state index contributed by atoms with van der Waals surface area (Å²) in [6.45, 7) is 5.01. The van der Waals surface area contributed by atoms with Crippen molar-refractivity contribution in [3.05, 3.63) is 11.6 Å². The van der Waals surface area contributed by atoms with Crippen LogP contribution in [0.25, 0.3) is 0 Å². The van der Waals surface area contributed by atoms with Crippen LogP contribution in [-0.2, 0) is 14.4 Å². The first kappa shape index (κ1) is 20.7. The minimum atomic E-state index is -2.09. The van der Waals surface area contributed by atoms with Crippen LogP contribution in [0, 0.1) is 34.5 Å². The fourth-order valence-corrected chi connectivity index (χ4v) is 7.59. The summed E-state index contributed by atoms with van der Waals surface area (Å²) >= 11 is 0. The summed E-state index contributed by atoms with van der Waals surface area (Å²) < 4.78 is 17.0. The molecule has 4 aliphatic rings. The quantitative estimate of drug-likeness (QED) is 0.476. The summed E-state index contributed by atoms with van der Waals surface area (Å²) in [6.07, 6.45) is 1.44. The van der Waals surface area contributed by atoms with Crippen LogP contribution in [0.15, 0.2) is 11.6 Å².